The molecule has 2 atom stereocenters. The van der Waals surface area contributed by atoms with Crippen LogP contribution in [0.5, 0.6) is 5.75 Å². The molecule has 2 amide bonds. The molecule has 196 valence electrons. The van der Waals surface area contributed by atoms with Crippen LogP contribution in [0.2, 0.25) is 0 Å². The van der Waals surface area contributed by atoms with Gasteiger partial charge >= 0.3 is 0 Å². The summed E-state index contributed by atoms with van der Waals surface area (Å²) >= 11 is 0. The van der Waals surface area contributed by atoms with Gasteiger partial charge in [-0.1, -0.05) is 60.7 Å². The van der Waals surface area contributed by atoms with Crippen LogP contribution in [0, 0.1) is 0 Å². The summed E-state index contributed by atoms with van der Waals surface area (Å²) < 4.78 is 7.42. The van der Waals surface area contributed by atoms with Crippen molar-refractivity contribution in [2.24, 2.45) is 7.05 Å². The molecule has 0 unspecified atom stereocenters. The first kappa shape index (κ1) is 25.6. The molecule has 38 heavy (non-hydrogen) atoms. The van der Waals surface area contributed by atoms with Gasteiger partial charge in [-0.15, -0.1) is 0 Å². The molecule has 1 aliphatic heterocycles. The number of carbonyl (C=O) groups is 2. The molecule has 2 heterocycles. The SMILES string of the molecule is COc1ccc(CN2C(=O)[C@](C)(c3ccccc3)c3c(n(C)c4ccccc34)[C@H]2C(=O)NC(C)(C)C)cc1. The highest BCUT2D eigenvalue weighted by Gasteiger charge is 2.53. The molecular formula is C32H35N3O3. The first-order valence-electron chi connectivity index (χ1n) is 13.0. The Balaban J connectivity index is 1.79. The second kappa shape index (κ2) is 9.35. The molecule has 1 aromatic heterocycles. The van der Waals surface area contributed by atoms with E-state index >= 15 is 0 Å². The number of hydrogen-bond donors (Lipinski definition) is 1. The van der Waals surface area contributed by atoms with E-state index < -0.39 is 17.0 Å². The number of amides is 2. The molecule has 1 N–H and O–H groups in total. The number of para-hydroxylation sites is 1. The van der Waals surface area contributed by atoms with Crippen LogP contribution in [-0.2, 0) is 28.6 Å². The van der Waals surface area contributed by atoms with E-state index in [-0.39, 0.29) is 18.4 Å². The number of aromatic nitrogens is 1. The third-order valence-electron chi connectivity index (χ3n) is 7.52. The number of nitrogens with one attached hydrogen (secondary N) is 1. The summed E-state index contributed by atoms with van der Waals surface area (Å²) in [7, 11) is 3.62. The lowest BCUT2D eigenvalue weighted by Gasteiger charge is -2.45. The van der Waals surface area contributed by atoms with Gasteiger partial charge in [-0.05, 0) is 57.0 Å². The number of carbonyl (C=O) groups excluding carboxylic acids is 2. The van der Waals surface area contributed by atoms with E-state index in [4.69, 9.17) is 4.74 Å². The van der Waals surface area contributed by atoms with Crippen LogP contribution in [0.25, 0.3) is 10.9 Å². The normalized spacial score (nSPS) is 19.4. The van der Waals surface area contributed by atoms with Crippen molar-refractivity contribution in [1.29, 1.82) is 0 Å². The van der Waals surface area contributed by atoms with Crippen molar-refractivity contribution in [2.45, 2.75) is 51.2 Å². The molecule has 0 aliphatic carbocycles. The third kappa shape index (κ3) is 4.14. The minimum atomic E-state index is -0.984. The first-order chi connectivity index (χ1) is 18.1. The van der Waals surface area contributed by atoms with Crippen molar-refractivity contribution in [2.75, 3.05) is 7.11 Å². The lowest BCUT2D eigenvalue weighted by Crippen LogP contribution is -2.57. The summed E-state index contributed by atoms with van der Waals surface area (Å²) in [6.45, 7) is 8.16. The summed E-state index contributed by atoms with van der Waals surface area (Å²) in [4.78, 5) is 30.6. The summed E-state index contributed by atoms with van der Waals surface area (Å²) in [5.74, 6) is 0.449. The van der Waals surface area contributed by atoms with Gasteiger partial charge in [0.25, 0.3) is 0 Å². The number of nitrogens with zero attached hydrogens (tertiary/aromatic N) is 2. The summed E-state index contributed by atoms with van der Waals surface area (Å²) in [6.07, 6.45) is 0. The van der Waals surface area contributed by atoms with E-state index in [9.17, 15) is 9.59 Å². The molecule has 0 fully saturated rings. The van der Waals surface area contributed by atoms with E-state index in [1.165, 1.54) is 0 Å². The van der Waals surface area contributed by atoms with Gasteiger partial charge in [0.05, 0.1) is 18.2 Å². The van der Waals surface area contributed by atoms with Crippen LogP contribution in [0.3, 0.4) is 0 Å². The van der Waals surface area contributed by atoms with Gasteiger partial charge in [-0.3, -0.25) is 9.59 Å². The Morgan fingerprint density at radius 2 is 1.61 bits per heavy atom. The molecule has 4 aromatic rings. The molecule has 0 saturated carbocycles. The van der Waals surface area contributed by atoms with Crippen molar-refractivity contribution in [1.82, 2.24) is 14.8 Å². The maximum Gasteiger partial charge on any atom is 0.249 e. The second-order valence-corrected chi connectivity index (χ2v) is 11.3. The number of rotatable bonds is 5. The standard InChI is InChI=1S/C32H35N3O3/c1-31(2,3)33-29(36)28-27-26(24-14-10-11-15-25(24)34(27)5)32(4,22-12-8-7-9-13-22)30(37)35(28)20-21-16-18-23(38-6)19-17-21/h7-19,28H,20H2,1-6H3,(H,33,36)/t28-,32+/m0/s1. The van der Waals surface area contributed by atoms with Crippen LogP contribution < -0.4 is 10.1 Å². The molecule has 6 heteroatoms. The van der Waals surface area contributed by atoms with E-state index in [1.807, 2.05) is 101 Å². The Bertz CT molecular complexity index is 1500. The Kier molecular flexibility index (Phi) is 6.30. The third-order valence-corrected chi connectivity index (χ3v) is 7.52. The average Bonchev–Trinajstić information content (AvgIpc) is 3.19. The highest BCUT2D eigenvalue weighted by Crippen LogP contribution is 2.49. The molecule has 0 bridgehead atoms. The number of benzene rings is 3. The number of hydrogen-bond acceptors (Lipinski definition) is 3. The zero-order chi connectivity index (χ0) is 27.2. The van der Waals surface area contributed by atoms with Crippen molar-refractivity contribution in [3.05, 3.63) is 101 Å². The number of ether oxygens (including phenoxy) is 1. The molecule has 0 saturated heterocycles. The van der Waals surface area contributed by atoms with E-state index in [0.29, 0.717) is 0 Å². The Hall–Kier alpha value is -4.06. The lowest BCUT2D eigenvalue weighted by atomic mass is 9.70. The average molecular weight is 510 g/mol. The predicted molar refractivity (Wildman–Crippen MR) is 150 cm³/mol. The fraction of sp³-hybridized carbons (Fsp3) is 0.312. The van der Waals surface area contributed by atoms with Crippen molar-refractivity contribution >= 4 is 22.7 Å². The van der Waals surface area contributed by atoms with Crippen LogP contribution in [-0.4, -0.2) is 33.9 Å². The lowest BCUT2D eigenvalue weighted by molar-refractivity contribution is -0.147. The van der Waals surface area contributed by atoms with Gasteiger partial charge in [-0.2, -0.15) is 0 Å². The Morgan fingerprint density at radius 3 is 2.24 bits per heavy atom. The fourth-order valence-corrected chi connectivity index (χ4v) is 5.75. The monoisotopic (exact) mass is 509 g/mol. The quantitative estimate of drug-likeness (QED) is 0.387. The topological polar surface area (TPSA) is 63.6 Å². The molecule has 3 aromatic carbocycles. The maximum absolute atomic E-state index is 14.8. The van der Waals surface area contributed by atoms with Gasteiger partial charge in [0.2, 0.25) is 11.8 Å². The minimum absolute atomic E-state index is 0.0996. The van der Waals surface area contributed by atoms with Crippen LogP contribution in [0.15, 0.2) is 78.9 Å². The van der Waals surface area contributed by atoms with E-state index in [2.05, 4.69) is 22.0 Å². The largest absolute Gasteiger partial charge is 0.497 e. The molecule has 1 aliphatic rings. The molecule has 5 rings (SSSR count). The van der Waals surface area contributed by atoms with E-state index in [1.54, 1.807) is 12.0 Å². The second-order valence-electron chi connectivity index (χ2n) is 11.3. The molecule has 6 nitrogen and oxygen atoms in total. The Labute approximate surface area is 224 Å². The zero-order valence-corrected chi connectivity index (χ0v) is 22.9. The Morgan fingerprint density at radius 1 is 0.974 bits per heavy atom. The van der Waals surface area contributed by atoms with Crippen LogP contribution in [0.1, 0.15) is 56.1 Å². The zero-order valence-electron chi connectivity index (χ0n) is 22.9. The van der Waals surface area contributed by atoms with Gasteiger partial charge in [0, 0.05) is 35.6 Å². The highest BCUT2D eigenvalue weighted by molar-refractivity contribution is 6.05. The molecular weight excluding hydrogens is 474 g/mol. The van der Waals surface area contributed by atoms with Crippen molar-refractivity contribution < 1.29 is 14.3 Å². The van der Waals surface area contributed by atoms with Crippen molar-refractivity contribution in [3.8, 4) is 5.75 Å². The van der Waals surface area contributed by atoms with Gasteiger partial charge < -0.3 is 19.5 Å². The molecule has 0 radical (unpaired) electrons. The van der Waals surface area contributed by atoms with Crippen molar-refractivity contribution in [3.63, 3.8) is 0 Å². The van der Waals surface area contributed by atoms with E-state index in [0.717, 1.165) is 39.0 Å². The number of methoxy groups -OCH3 is 1. The van der Waals surface area contributed by atoms with Crippen LogP contribution >= 0.6 is 0 Å². The maximum atomic E-state index is 14.8. The first-order valence-corrected chi connectivity index (χ1v) is 13.0. The van der Waals surface area contributed by atoms with Crippen LogP contribution in [0.4, 0.5) is 0 Å². The van der Waals surface area contributed by atoms with Gasteiger partial charge in [-0.25, -0.2) is 0 Å². The summed E-state index contributed by atoms with van der Waals surface area (Å²) in [6, 6.07) is 24.8. The summed E-state index contributed by atoms with van der Waals surface area (Å²) in [5, 5.41) is 4.15. The smallest absolute Gasteiger partial charge is 0.249 e. The van der Waals surface area contributed by atoms with Gasteiger partial charge in [0.15, 0.2) is 6.04 Å². The molecule has 0 spiro atoms. The summed E-state index contributed by atoms with van der Waals surface area (Å²) in [5.41, 5.74) is 3.10. The fourth-order valence-electron chi connectivity index (χ4n) is 5.75. The predicted octanol–water partition coefficient (Wildman–Crippen LogP) is 5.49. The van der Waals surface area contributed by atoms with Gasteiger partial charge in [0.1, 0.15) is 5.75 Å². The number of fused-ring (bicyclic) bond motifs is 3. The highest BCUT2D eigenvalue weighted by atomic mass is 16.5. The minimum Gasteiger partial charge on any atom is -0.497 e. The number of aryl methyl sites for hydroxylation is 1.